The highest BCUT2D eigenvalue weighted by molar-refractivity contribution is 5.39. The van der Waals surface area contributed by atoms with Crippen molar-refractivity contribution in [3.05, 3.63) is 64.7 Å². The molecule has 2 aliphatic rings. The van der Waals surface area contributed by atoms with E-state index in [1.54, 1.807) is 0 Å². The Bertz CT molecular complexity index is 880. The maximum Gasteiger partial charge on any atom is 0.0997 e. The number of para-hydroxylation sites is 1. The van der Waals surface area contributed by atoms with E-state index in [1.807, 2.05) is 12.3 Å². The molecule has 0 bridgehead atoms. The highest BCUT2D eigenvalue weighted by Gasteiger charge is 2.26. The smallest absolute Gasteiger partial charge is 0.0997 e. The van der Waals surface area contributed by atoms with Gasteiger partial charge in [0.2, 0.25) is 0 Å². The van der Waals surface area contributed by atoms with Crippen LogP contribution in [0.25, 0.3) is 5.69 Å². The second kappa shape index (κ2) is 6.15. The van der Waals surface area contributed by atoms with Crippen LogP contribution in [0.15, 0.2) is 36.5 Å². The molecule has 25 heavy (non-hydrogen) atoms. The van der Waals surface area contributed by atoms with E-state index in [1.165, 1.54) is 23.2 Å². The molecule has 0 spiro atoms. The number of nitrogens with one attached hydrogen (secondary N) is 1. The fourth-order valence-electron chi connectivity index (χ4n) is 4.18. The molecule has 0 saturated carbocycles. The number of aromatic amines is 1. The number of ether oxygens (including phenoxy) is 1. The van der Waals surface area contributed by atoms with E-state index in [9.17, 15) is 0 Å². The van der Waals surface area contributed by atoms with E-state index in [2.05, 4.69) is 39.1 Å². The minimum Gasteiger partial charge on any atom is -0.366 e. The average molecular weight is 334 g/mol. The van der Waals surface area contributed by atoms with Crippen LogP contribution in [0.2, 0.25) is 0 Å². The summed E-state index contributed by atoms with van der Waals surface area (Å²) in [4.78, 5) is 0. The third-order valence-corrected chi connectivity index (χ3v) is 5.42. The number of hydrogen-bond acceptors (Lipinski definition) is 3. The van der Waals surface area contributed by atoms with Gasteiger partial charge in [-0.2, -0.15) is 10.2 Å². The monoisotopic (exact) mass is 334 g/mol. The van der Waals surface area contributed by atoms with Gasteiger partial charge in [-0.25, -0.2) is 4.68 Å². The average Bonchev–Trinajstić information content (AvgIpc) is 3.37. The number of benzene rings is 1. The van der Waals surface area contributed by atoms with E-state index < -0.39 is 0 Å². The molecule has 1 N–H and O–H groups in total. The molecule has 5 rings (SSSR count). The van der Waals surface area contributed by atoms with Crippen molar-refractivity contribution in [2.75, 3.05) is 0 Å². The minimum absolute atomic E-state index is 0.116. The Balaban J connectivity index is 1.41. The molecule has 0 radical (unpaired) electrons. The van der Waals surface area contributed by atoms with Crippen molar-refractivity contribution in [1.29, 1.82) is 0 Å². The lowest BCUT2D eigenvalue weighted by atomic mass is 9.96. The van der Waals surface area contributed by atoms with Crippen LogP contribution in [0, 0.1) is 0 Å². The topological polar surface area (TPSA) is 55.7 Å². The molecule has 0 saturated heterocycles. The minimum atomic E-state index is 0.116. The molecule has 2 aliphatic carbocycles. The number of rotatable bonds is 4. The molecule has 2 heterocycles. The lowest BCUT2D eigenvalue weighted by Crippen LogP contribution is -2.13. The van der Waals surface area contributed by atoms with Gasteiger partial charge in [0, 0.05) is 5.69 Å². The SMILES string of the molecule is c1ccc(-n2nc(COC3CCCc4cn[nH]c43)c3c2CCC3)cc1. The molecule has 0 aliphatic heterocycles. The van der Waals surface area contributed by atoms with Gasteiger partial charge in [0.25, 0.3) is 0 Å². The first-order valence-corrected chi connectivity index (χ1v) is 9.19. The van der Waals surface area contributed by atoms with Gasteiger partial charge >= 0.3 is 0 Å². The maximum absolute atomic E-state index is 6.28. The maximum atomic E-state index is 6.28. The van der Waals surface area contributed by atoms with E-state index in [0.717, 1.165) is 49.2 Å². The van der Waals surface area contributed by atoms with Crippen LogP contribution in [0.1, 0.15) is 53.6 Å². The molecule has 5 nitrogen and oxygen atoms in total. The lowest BCUT2D eigenvalue weighted by Gasteiger charge is -2.21. The van der Waals surface area contributed by atoms with Gasteiger partial charge in [-0.1, -0.05) is 18.2 Å². The Morgan fingerprint density at radius 1 is 1.12 bits per heavy atom. The molecule has 128 valence electrons. The summed E-state index contributed by atoms with van der Waals surface area (Å²) in [5.74, 6) is 0. The molecular formula is C20H22N4O. The Hall–Kier alpha value is -2.40. The van der Waals surface area contributed by atoms with Gasteiger partial charge in [0.15, 0.2) is 0 Å². The van der Waals surface area contributed by atoms with Gasteiger partial charge in [-0.05, 0) is 61.8 Å². The number of aryl methyl sites for hydroxylation is 1. The zero-order chi connectivity index (χ0) is 16.6. The molecule has 0 amide bonds. The van der Waals surface area contributed by atoms with Crippen molar-refractivity contribution in [1.82, 2.24) is 20.0 Å². The van der Waals surface area contributed by atoms with Gasteiger partial charge < -0.3 is 4.74 Å². The Kier molecular flexibility index (Phi) is 3.67. The van der Waals surface area contributed by atoms with Crippen LogP contribution >= 0.6 is 0 Å². The van der Waals surface area contributed by atoms with Crippen molar-refractivity contribution in [3.8, 4) is 5.69 Å². The molecule has 2 aromatic heterocycles. The second-order valence-corrected chi connectivity index (χ2v) is 6.97. The summed E-state index contributed by atoms with van der Waals surface area (Å²) in [6.45, 7) is 0.575. The van der Waals surface area contributed by atoms with Crippen LogP contribution in [0.3, 0.4) is 0 Å². The first kappa shape index (κ1) is 14.9. The first-order valence-electron chi connectivity index (χ1n) is 9.19. The molecule has 0 fully saturated rings. The number of fused-ring (bicyclic) bond motifs is 2. The lowest BCUT2D eigenvalue weighted by molar-refractivity contribution is 0.0233. The van der Waals surface area contributed by atoms with Gasteiger partial charge in [0.1, 0.15) is 0 Å². The van der Waals surface area contributed by atoms with Crippen LogP contribution in [0.4, 0.5) is 0 Å². The van der Waals surface area contributed by atoms with E-state index >= 15 is 0 Å². The van der Waals surface area contributed by atoms with Crippen LogP contribution in [0.5, 0.6) is 0 Å². The highest BCUT2D eigenvalue weighted by atomic mass is 16.5. The number of H-pyrrole nitrogens is 1. The molecule has 1 aromatic carbocycles. The van der Waals surface area contributed by atoms with Crippen molar-refractivity contribution in [2.45, 2.75) is 51.2 Å². The summed E-state index contributed by atoms with van der Waals surface area (Å²) in [5, 5.41) is 12.2. The van der Waals surface area contributed by atoms with Gasteiger partial charge in [-0.15, -0.1) is 0 Å². The summed E-state index contributed by atoms with van der Waals surface area (Å²) in [6.07, 6.45) is 8.79. The van der Waals surface area contributed by atoms with Crippen LogP contribution in [-0.4, -0.2) is 20.0 Å². The number of nitrogens with zero attached hydrogens (tertiary/aromatic N) is 3. The van der Waals surface area contributed by atoms with Gasteiger partial charge in [-0.3, -0.25) is 5.10 Å². The fraction of sp³-hybridized carbons (Fsp3) is 0.400. The Morgan fingerprint density at radius 3 is 2.96 bits per heavy atom. The quantitative estimate of drug-likeness (QED) is 0.792. The zero-order valence-corrected chi connectivity index (χ0v) is 14.2. The number of aromatic nitrogens is 4. The predicted octanol–water partition coefficient (Wildman–Crippen LogP) is 3.68. The molecule has 3 aromatic rings. The Labute approximate surface area is 147 Å². The number of hydrogen-bond donors (Lipinski definition) is 1. The van der Waals surface area contributed by atoms with Crippen molar-refractivity contribution in [2.24, 2.45) is 0 Å². The fourth-order valence-corrected chi connectivity index (χ4v) is 4.18. The standard InChI is InChI=1S/C20H22N4O/c1-2-7-15(8-3-1)24-18-10-5-9-16(18)17(23-24)13-25-19-11-4-6-14-12-21-22-20(14)19/h1-3,7-8,12,19H,4-6,9-11,13H2,(H,21,22). The highest BCUT2D eigenvalue weighted by Crippen LogP contribution is 2.33. The molecule has 1 atom stereocenters. The summed E-state index contributed by atoms with van der Waals surface area (Å²) < 4.78 is 8.40. The summed E-state index contributed by atoms with van der Waals surface area (Å²) in [6, 6.07) is 10.4. The van der Waals surface area contributed by atoms with Crippen LogP contribution in [-0.2, 0) is 30.6 Å². The Morgan fingerprint density at radius 2 is 2.04 bits per heavy atom. The summed E-state index contributed by atoms with van der Waals surface area (Å²) in [5.41, 5.74) is 7.45. The van der Waals surface area contributed by atoms with Crippen LogP contribution < -0.4 is 0 Å². The van der Waals surface area contributed by atoms with E-state index in [0.29, 0.717) is 6.61 Å². The first-order chi connectivity index (χ1) is 12.4. The normalized spacial score (nSPS) is 19.0. The van der Waals surface area contributed by atoms with Crippen molar-refractivity contribution < 1.29 is 4.74 Å². The summed E-state index contributed by atoms with van der Waals surface area (Å²) in [7, 11) is 0. The molecule has 5 heteroatoms. The van der Waals surface area contributed by atoms with Gasteiger partial charge in [0.05, 0.1) is 36.0 Å². The largest absolute Gasteiger partial charge is 0.366 e. The van der Waals surface area contributed by atoms with E-state index in [-0.39, 0.29) is 6.10 Å². The third-order valence-electron chi connectivity index (χ3n) is 5.42. The zero-order valence-electron chi connectivity index (χ0n) is 14.2. The van der Waals surface area contributed by atoms with Crippen molar-refractivity contribution in [3.63, 3.8) is 0 Å². The summed E-state index contributed by atoms with van der Waals surface area (Å²) >= 11 is 0. The predicted molar refractivity (Wildman–Crippen MR) is 94.6 cm³/mol. The second-order valence-electron chi connectivity index (χ2n) is 6.97. The molecule has 1 unspecified atom stereocenters. The third kappa shape index (κ3) is 2.59. The van der Waals surface area contributed by atoms with E-state index in [4.69, 9.17) is 9.84 Å². The molecular weight excluding hydrogens is 312 g/mol. The van der Waals surface area contributed by atoms with Crippen molar-refractivity contribution >= 4 is 0 Å².